The van der Waals surface area contributed by atoms with E-state index in [0.717, 1.165) is 37.0 Å². The van der Waals surface area contributed by atoms with Crippen LogP contribution in [0.1, 0.15) is 47.1 Å². The van der Waals surface area contributed by atoms with Crippen LogP contribution in [0.25, 0.3) is 0 Å². The van der Waals surface area contributed by atoms with E-state index in [9.17, 15) is 0 Å². The number of nitrogens with zero attached hydrogens (tertiary/aromatic N) is 3. The van der Waals surface area contributed by atoms with Gasteiger partial charge in [-0.05, 0) is 45.2 Å². The Morgan fingerprint density at radius 3 is 2.44 bits per heavy atom. The lowest BCUT2D eigenvalue weighted by atomic mass is 10.1. The molecule has 154 valence electrons. The third-order valence-corrected chi connectivity index (χ3v) is 4.68. The molecule has 1 fully saturated rings. The molecular weight excluding hydrogens is 453 g/mol. The number of anilines is 1. The fourth-order valence-electron chi connectivity index (χ4n) is 2.93. The molecule has 1 aliphatic heterocycles. The van der Waals surface area contributed by atoms with Gasteiger partial charge < -0.3 is 20.3 Å². The van der Waals surface area contributed by atoms with E-state index in [-0.39, 0.29) is 36.2 Å². The van der Waals surface area contributed by atoms with Crippen LogP contribution in [-0.4, -0.2) is 48.8 Å². The molecular formula is C20H36IN5O. The first-order valence-electron chi connectivity index (χ1n) is 9.79. The molecule has 3 unspecified atom stereocenters. The first-order valence-corrected chi connectivity index (χ1v) is 9.79. The third kappa shape index (κ3) is 7.81. The van der Waals surface area contributed by atoms with Crippen molar-refractivity contribution in [3.63, 3.8) is 0 Å². The molecule has 2 N–H and O–H groups in total. The average Bonchev–Trinajstić information content (AvgIpc) is 2.59. The molecule has 2 heterocycles. The Morgan fingerprint density at radius 2 is 1.93 bits per heavy atom. The number of nitrogens with one attached hydrogen (secondary N) is 2. The van der Waals surface area contributed by atoms with Crippen molar-refractivity contribution in [3.8, 4) is 0 Å². The van der Waals surface area contributed by atoms with Gasteiger partial charge in [-0.2, -0.15) is 0 Å². The van der Waals surface area contributed by atoms with Gasteiger partial charge in [0.05, 0.1) is 18.8 Å². The molecule has 0 aliphatic carbocycles. The van der Waals surface area contributed by atoms with Crippen LogP contribution in [0, 0.1) is 5.92 Å². The minimum Gasteiger partial charge on any atom is -0.372 e. The highest BCUT2D eigenvalue weighted by Crippen LogP contribution is 2.18. The molecule has 0 spiro atoms. The van der Waals surface area contributed by atoms with Crippen LogP contribution >= 0.6 is 24.0 Å². The molecule has 0 amide bonds. The van der Waals surface area contributed by atoms with Crippen molar-refractivity contribution in [1.29, 1.82) is 0 Å². The summed E-state index contributed by atoms with van der Waals surface area (Å²) in [6.45, 7) is 16.1. The molecule has 3 atom stereocenters. The fraction of sp³-hybridized carbons (Fsp3) is 0.700. The second-order valence-corrected chi connectivity index (χ2v) is 7.56. The fourth-order valence-corrected chi connectivity index (χ4v) is 2.93. The van der Waals surface area contributed by atoms with Gasteiger partial charge in [0.1, 0.15) is 5.82 Å². The van der Waals surface area contributed by atoms with Crippen LogP contribution in [0.15, 0.2) is 23.3 Å². The summed E-state index contributed by atoms with van der Waals surface area (Å²) in [7, 11) is 0. The predicted molar refractivity (Wildman–Crippen MR) is 124 cm³/mol. The van der Waals surface area contributed by atoms with Gasteiger partial charge in [-0.25, -0.2) is 9.98 Å². The minimum absolute atomic E-state index is 0. The molecule has 1 aromatic heterocycles. The van der Waals surface area contributed by atoms with Gasteiger partial charge in [0.2, 0.25) is 0 Å². The number of halogens is 1. The van der Waals surface area contributed by atoms with E-state index in [4.69, 9.17) is 9.73 Å². The van der Waals surface area contributed by atoms with Gasteiger partial charge >= 0.3 is 0 Å². The highest BCUT2D eigenvalue weighted by atomic mass is 127. The summed E-state index contributed by atoms with van der Waals surface area (Å²) >= 11 is 0. The summed E-state index contributed by atoms with van der Waals surface area (Å²) in [6.07, 6.45) is 2.40. The monoisotopic (exact) mass is 489 g/mol. The quantitative estimate of drug-likeness (QED) is 0.365. The highest BCUT2D eigenvalue weighted by molar-refractivity contribution is 14.0. The SMILES string of the molecule is CCNC(=NCc1ccc(N2CC(C)OC(C)C2)nc1)NC(C)C(C)C.I. The Hall–Kier alpha value is -1.09. The second kappa shape index (κ2) is 11.7. The normalized spacial score (nSPS) is 21.6. The van der Waals surface area contributed by atoms with E-state index in [1.54, 1.807) is 0 Å². The number of hydrogen-bond acceptors (Lipinski definition) is 4. The molecule has 0 aromatic carbocycles. The van der Waals surface area contributed by atoms with Crippen molar-refractivity contribution >= 4 is 35.8 Å². The summed E-state index contributed by atoms with van der Waals surface area (Å²) in [5, 5.41) is 6.76. The Bertz CT molecular complexity index is 568. The van der Waals surface area contributed by atoms with Crippen LogP contribution in [0.5, 0.6) is 0 Å². The summed E-state index contributed by atoms with van der Waals surface area (Å²) in [5.41, 5.74) is 1.11. The lowest BCUT2D eigenvalue weighted by molar-refractivity contribution is -0.00545. The van der Waals surface area contributed by atoms with Gasteiger partial charge in [-0.15, -0.1) is 24.0 Å². The van der Waals surface area contributed by atoms with Gasteiger partial charge in [-0.1, -0.05) is 19.9 Å². The Morgan fingerprint density at radius 1 is 1.26 bits per heavy atom. The number of hydrogen-bond donors (Lipinski definition) is 2. The standard InChI is InChI=1S/C20H35N5O.HI/c1-7-21-20(24-17(6)14(2)3)23-11-18-8-9-19(22-10-18)25-12-15(4)26-16(5)13-25;/h8-10,14-17H,7,11-13H2,1-6H3,(H2,21,23,24);1H. The highest BCUT2D eigenvalue weighted by Gasteiger charge is 2.22. The second-order valence-electron chi connectivity index (χ2n) is 7.56. The molecule has 2 rings (SSSR count). The predicted octanol–water partition coefficient (Wildman–Crippen LogP) is 3.41. The van der Waals surface area contributed by atoms with Crippen LogP contribution in [0.3, 0.4) is 0 Å². The van der Waals surface area contributed by atoms with Crippen molar-refractivity contribution in [2.45, 2.75) is 66.3 Å². The zero-order chi connectivity index (χ0) is 19.1. The van der Waals surface area contributed by atoms with Crippen LogP contribution in [-0.2, 0) is 11.3 Å². The number of guanidine groups is 1. The average molecular weight is 489 g/mol. The van der Waals surface area contributed by atoms with Crippen molar-refractivity contribution in [2.24, 2.45) is 10.9 Å². The van der Waals surface area contributed by atoms with E-state index >= 15 is 0 Å². The van der Waals surface area contributed by atoms with E-state index in [1.165, 1.54) is 0 Å². The minimum atomic E-state index is 0. The third-order valence-electron chi connectivity index (χ3n) is 4.68. The summed E-state index contributed by atoms with van der Waals surface area (Å²) in [4.78, 5) is 11.6. The number of rotatable bonds is 6. The molecule has 0 radical (unpaired) electrons. The molecule has 1 aliphatic rings. The number of morpholine rings is 1. The lowest BCUT2D eigenvalue weighted by Crippen LogP contribution is -2.45. The maximum atomic E-state index is 5.80. The van der Waals surface area contributed by atoms with E-state index in [1.807, 2.05) is 6.20 Å². The van der Waals surface area contributed by atoms with E-state index < -0.39 is 0 Å². The first-order chi connectivity index (χ1) is 12.4. The van der Waals surface area contributed by atoms with Gasteiger partial charge in [0, 0.05) is 31.9 Å². The molecule has 0 bridgehead atoms. The van der Waals surface area contributed by atoms with Crippen LogP contribution in [0.4, 0.5) is 5.82 Å². The van der Waals surface area contributed by atoms with Crippen LogP contribution in [0.2, 0.25) is 0 Å². The summed E-state index contributed by atoms with van der Waals surface area (Å²) < 4.78 is 5.80. The zero-order valence-corrected chi connectivity index (χ0v) is 19.9. The molecule has 7 heteroatoms. The summed E-state index contributed by atoms with van der Waals surface area (Å²) in [5.74, 6) is 2.42. The first kappa shape index (κ1) is 23.9. The van der Waals surface area contributed by atoms with Gasteiger partial charge in [-0.3, -0.25) is 0 Å². The smallest absolute Gasteiger partial charge is 0.191 e. The molecule has 1 aromatic rings. The Balaban J connectivity index is 0.00000364. The van der Waals surface area contributed by atoms with Crippen LogP contribution < -0.4 is 15.5 Å². The Kier molecular flexibility index (Phi) is 10.4. The van der Waals surface area contributed by atoms with Crippen molar-refractivity contribution in [3.05, 3.63) is 23.9 Å². The van der Waals surface area contributed by atoms with Crippen molar-refractivity contribution in [2.75, 3.05) is 24.5 Å². The zero-order valence-electron chi connectivity index (χ0n) is 17.5. The van der Waals surface area contributed by atoms with E-state index in [0.29, 0.717) is 18.5 Å². The topological polar surface area (TPSA) is 61.8 Å². The van der Waals surface area contributed by atoms with Gasteiger partial charge in [0.25, 0.3) is 0 Å². The number of aliphatic imine (C=N–C) groups is 1. The van der Waals surface area contributed by atoms with E-state index in [2.05, 4.69) is 74.2 Å². The molecule has 1 saturated heterocycles. The van der Waals surface area contributed by atoms with Gasteiger partial charge in [0.15, 0.2) is 5.96 Å². The maximum Gasteiger partial charge on any atom is 0.191 e. The molecule has 6 nitrogen and oxygen atoms in total. The Labute approximate surface area is 181 Å². The largest absolute Gasteiger partial charge is 0.372 e. The number of ether oxygens (including phenoxy) is 1. The number of aromatic nitrogens is 1. The summed E-state index contributed by atoms with van der Waals surface area (Å²) in [6, 6.07) is 4.58. The van der Waals surface area contributed by atoms with Crippen molar-refractivity contribution in [1.82, 2.24) is 15.6 Å². The van der Waals surface area contributed by atoms with Crippen molar-refractivity contribution < 1.29 is 4.74 Å². The molecule has 27 heavy (non-hydrogen) atoms. The molecule has 0 saturated carbocycles. The number of pyridine rings is 1. The maximum absolute atomic E-state index is 5.80. The lowest BCUT2D eigenvalue weighted by Gasteiger charge is -2.36.